The first kappa shape index (κ1) is 13.5. The summed E-state index contributed by atoms with van der Waals surface area (Å²) in [5.41, 5.74) is 7.28. The van der Waals surface area contributed by atoms with Gasteiger partial charge >= 0.3 is 0 Å². The molecule has 2 atom stereocenters. The van der Waals surface area contributed by atoms with Gasteiger partial charge in [0.2, 0.25) is 0 Å². The van der Waals surface area contributed by atoms with Crippen LogP contribution in [0.2, 0.25) is 0 Å². The zero-order valence-corrected chi connectivity index (χ0v) is 13.2. The van der Waals surface area contributed by atoms with Crippen molar-refractivity contribution in [2.45, 2.75) is 38.4 Å². The number of halogens is 2. The maximum Gasteiger partial charge on any atom is 0.0733 e. The van der Waals surface area contributed by atoms with Crippen molar-refractivity contribution in [3.63, 3.8) is 0 Å². The third-order valence-corrected chi connectivity index (χ3v) is 4.33. The SMILES string of the molecule is CC(C)N1CCC(N)C1c1ncc(Br)cc1Br. The van der Waals surface area contributed by atoms with Crippen molar-refractivity contribution in [3.8, 4) is 0 Å². The van der Waals surface area contributed by atoms with E-state index in [9.17, 15) is 0 Å². The van der Waals surface area contributed by atoms with Crippen molar-refractivity contribution >= 4 is 31.9 Å². The molecule has 1 aliphatic rings. The minimum absolute atomic E-state index is 0.169. The van der Waals surface area contributed by atoms with E-state index < -0.39 is 0 Å². The predicted octanol–water partition coefficient (Wildman–Crippen LogP) is 3.09. The van der Waals surface area contributed by atoms with Gasteiger partial charge in [0.1, 0.15) is 0 Å². The third-order valence-electron chi connectivity index (χ3n) is 3.26. The lowest BCUT2D eigenvalue weighted by atomic mass is 10.1. The minimum Gasteiger partial charge on any atom is -0.326 e. The molecule has 2 unspecified atom stereocenters. The molecule has 1 aliphatic heterocycles. The van der Waals surface area contributed by atoms with E-state index in [4.69, 9.17) is 5.73 Å². The fraction of sp³-hybridized carbons (Fsp3) is 0.583. The second-order valence-corrected chi connectivity index (χ2v) is 6.52. The second kappa shape index (κ2) is 5.34. The molecule has 1 saturated heterocycles. The summed E-state index contributed by atoms with van der Waals surface area (Å²) in [6.07, 6.45) is 2.87. The quantitative estimate of drug-likeness (QED) is 0.878. The lowest BCUT2D eigenvalue weighted by Crippen LogP contribution is -2.36. The average Bonchev–Trinajstić information content (AvgIpc) is 2.60. The Morgan fingerprint density at radius 2 is 2.18 bits per heavy atom. The van der Waals surface area contributed by atoms with Gasteiger partial charge in [-0.25, -0.2) is 0 Å². The van der Waals surface area contributed by atoms with Gasteiger partial charge in [-0.3, -0.25) is 9.88 Å². The summed E-state index contributed by atoms with van der Waals surface area (Å²) in [5, 5.41) is 0. The summed E-state index contributed by atoms with van der Waals surface area (Å²) in [4.78, 5) is 6.95. The maximum atomic E-state index is 6.23. The van der Waals surface area contributed by atoms with Crippen LogP contribution in [0.3, 0.4) is 0 Å². The number of nitrogens with two attached hydrogens (primary N) is 1. The molecule has 0 saturated carbocycles. The van der Waals surface area contributed by atoms with Gasteiger partial charge in [0, 0.05) is 33.8 Å². The Balaban J connectivity index is 2.36. The summed E-state index contributed by atoms with van der Waals surface area (Å²) in [6.45, 7) is 5.46. The molecule has 3 nitrogen and oxygen atoms in total. The van der Waals surface area contributed by atoms with Crippen molar-refractivity contribution in [1.82, 2.24) is 9.88 Å². The van der Waals surface area contributed by atoms with Crippen molar-refractivity contribution in [1.29, 1.82) is 0 Å². The third kappa shape index (κ3) is 2.72. The van der Waals surface area contributed by atoms with E-state index in [-0.39, 0.29) is 12.1 Å². The lowest BCUT2D eigenvalue weighted by molar-refractivity contribution is 0.194. The fourth-order valence-corrected chi connectivity index (χ4v) is 3.65. The Morgan fingerprint density at radius 3 is 2.76 bits per heavy atom. The molecule has 94 valence electrons. The molecule has 1 fully saturated rings. The Bertz CT molecular complexity index is 409. The van der Waals surface area contributed by atoms with Crippen LogP contribution in [-0.2, 0) is 0 Å². The summed E-state index contributed by atoms with van der Waals surface area (Å²) in [7, 11) is 0. The Labute approximate surface area is 119 Å². The van der Waals surface area contributed by atoms with Crippen molar-refractivity contribution in [2.24, 2.45) is 5.73 Å². The molecule has 17 heavy (non-hydrogen) atoms. The predicted molar refractivity (Wildman–Crippen MR) is 76.8 cm³/mol. The number of hydrogen-bond acceptors (Lipinski definition) is 3. The standard InChI is InChI=1S/C12H17Br2N3/c1-7(2)17-4-3-10(15)12(17)11-9(14)5-8(13)6-16-11/h5-7,10,12H,3-4,15H2,1-2H3. The molecule has 1 aromatic rings. The maximum absolute atomic E-state index is 6.23. The zero-order chi connectivity index (χ0) is 12.6. The van der Waals surface area contributed by atoms with E-state index in [0.717, 1.165) is 27.6 Å². The second-order valence-electron chi connectivity index (χ2n) is 4.75. The molecule has 0 spiro atoms. The van der Waals surface area contributed by atoms with Crippen LogP contribution in [0.25, 0.3) is 0 Å². The first-order valence-corrected chi connectivity index (χ1v) is 7.41. The van der Waals surface area contributed by atoms with Crippen LogP contribution >= 0.6 is 31.9 Å². The van der Waals surface area contributed by atoms with Crippen LogP contribution < -0.4 is 5.73 Å². The molecule has 0 radical (unpaired) electrons. The Kier molecular flexibility index (Phi) is 4.23. The van der Waals surface area contributed by atoms with Gasteiger partial charge in [0.15, 0.2) is 0 Å². The van der Waals surface area contributed by atoms with Crippen LogP contribution in [-0.4, -0.2) is 28.5 Å². The van der Waals surface area contributed by atoms with E-state index in [1.165, 1.54) is 0 Å². The molecule has 2 N–H and O–H groups in total. The number of rotatable bonds is 2. The van der Waals surface area contributed by atoms with Crippen LogP contribution in [0, 0.1) is 0 Å². The number of likely N-dealkylation sites (tertiary alicyclic amines) is 1. The highest BCUT2D eigenvalue weighted by Crippen LogP contribution is 2.36. The Hall–Kier alpha value is 0.0300. The van der Waals surface area contributed by atoms with E-state index in [1.54, 1.807) is 0 Å². The molecule has 0 aromatic carbocycles. The number of aromatic nitrogens is 1. The molecule has 0 bridgehead atoms. The average molecular weight is 363 g/mol. The minimum atomic E-state index is 0.169. The summed E-state index contributed by atoms with van der Waals surface area (Å²) in [5.74, 6) is 0. The summed E-state index contributed by atoms with van der Waals surface area (Å²) < 4.78 is 2.01. The molecular weight excluding hydrogens is 346 g/mol. The van der Waals surface area contributed by atoms with Crippen LogP contribution in [0.4, 0.5) is 0 Å². The van der Waals surface area contributed by atoms with Crippen molar-refractivity contribution in [2.75, 3.05) is 6.54 Å². The largest absolute Gasteiger partial charge is 0.326 e. The van der Waals surface area contributed by atoms with Gasteiger partial charge in [-0.05, 0) is 58.2 Å². The number of nitrogens with zero attached hydrogens (tertiary/aromatic N) is 2. The van der Waals surface area contributed by atoms with E-state index in [2.05, 4.69) is 55.6 Å². The molecule has 0 amide bonds. The number of hydrogen-bond donors (Lipinski definition) is 1. The zero-order valence-electron chi connectivity index (χ0n) is 10.0. The monoisotopic (exact) mass is 361 g/mol. The molecular formula is C12H17Br2N3. The highest BCUT2D eigenvalue weighted by molar-refractivity contribution is 9.11. The topological polar surface area (TPSA) is 42.1 Å². The summed E-state index contributed by atoms with van der Waals surface area (Å²) in [6, 6.07) is 2.91. The van der Waals surface area contributed by atoms with E-state index in [0.29, 0.717) is 6.04 Å². The van der Waals surface area contributed by atoms with Gasteiger partial charge < -0.3 is 5.73 Å². The van der Waals surface area contributed by atoms with Gasteiger partial charge in [-0.15, -0.1) is 0 Å². The van der Waals surface area contributed by atoms with Crippen LogP contribution in [0.15, 0.2) is 21.2 Å². The molecule has 0 aliphatic carbocycles. The number of pyridine rings is 1. The molecule has 1 aromatic heterocycles. The lowest BCUT2D eigenvalue weighted by Gasteiger charge is -2.30. The fourth-order valence-electron chi connectivity index (χ4n) is 2.42. The van der Waals surface area contributed by atoms with Crippen LogP contribution in [0.1, 0.15) is 32.0 Å². The molecule has 2 heterocycles. The van der Waals surface area contributed by atoms with Gasteiger partial charge in [0.05, 0.1) is 11.7 Å². The van der Waals surface area contributed by atoms with Gasteiger partial charge in [0.25, 0.3) is 0 Å². The first-order chi connectivity index (χ1) is 8.00. The highest BCUT2D eigenvalue weighted by Gasteiger charge is 2.36. The Morgan fingerprint density at radius 1 is 1.47 bits per heavy atom. The van der Waals surface area contributed by atoms with E-state index >= 15 is 0 Å². The van der Waals surface area contributed by atoms with Crippen molar-refractivity contribution < 1.29 is 0 Å². The van der Waals surface area contributed by atoms with Gasteiger partial charge in [-0.1, -0.05) is 0 Å². The van der Waals surface area contributed by atoms with E-state index in [1.807, 2.05) is 12.3 Å². The summed E-state index contributed by atoms with van der Waals surface area (Å²) >= 11 is 7.01. The molecule has 2 rings (SSSR count). The van der Waals surface area contributed by atoms with Crippen molar-refractivity contribution in [3.05, 3.63) is 26.9 Å². The highest BCUT2D eigenvalue weighted by atomic mass is 79.9. The van der Waals surface area contributed by atoms with Crippen LogP contribution in [0.5, 0.6) is 0 Å². The first-order valence-electron chi connectivity index (χ1n) is 5.83. The smallest absolute Gasteiger partial charge is 0.0733 e. The normalized spacial score (nSPS) is 25.8. The molecule has 5 heteroatoms. The van der Waals surface area contributed by atoms with Gasteiger partial charge in [-0.2, -0.15) is 0 Å².